The third-order valence-corrected chi connectivity index (χ3v) is 3.71. The van der Waals surface area contributed by atoms with E-state index in [1.165, 1.54) is 18.6 Å². The largest absolute Gasteiger partial charge is 0.355 e. The van der Waals surface area contributed by atoms with Gasteiger partial charge in [0.2, 0.25) is 5.91 Å². The first-order chi connectivity index (χ1) is 9.16. The highest BCUT2D eigenvalue weighted by Gasteiger charge is 2.18. The van der Waals surface area contributed by atoms with Crippen LogP contribution in [0.25, 0.3) is 0 Å². The van der Waals surface area contributed by atoms with E-state index in [9.17, 15) is 9.18 Å². The Labute approximate surface area is 113 Å². The van der Waals surface area contributed by atoms with Crippen LogP contribution in [0.2, 0.25) is 0 Å². The molecule has 1 amide bonds. The number of amides is 1. The Bertz CT molecular complexity index is 430. The lowest BCUT2D eigenvalue weighted by Crippen LogP contribution is -2.39. The standard InChI is InChI=1S/C15H21FN2O/c1-11(13-5-2-6-14(16)8-13)15(19)18-10-12-4-3-7-17-9-12/h2,5-6,8,11-12,17H,3-4,7,9-10H2,1H3,(H,18,19). The van der Waals surface area contributed by atoms with Crippen LogP contribution in [0.3, 0.4) is 0 Å². The van der Waals surface area contributed by atoms with Crippen molar-refractivity contribution >= 4 is 5.91 Å². The fourth-order valence-electron chi connectivity index (χ4n) is 2.42. The molecule has 0 aliphatic carbocycles. The molecular formula is C15H21FN2O. The number of nitrogens with one attached hydrogen (secondary N) is 2. The summed E-state index contributed by atoms with van der Waals surface area (Å²) in [6.45, 7) is 4.55. The van der Waals surface area contributed by atoms with Gasteiger partial charge in [0.25, 0.3) is 0 Å². The van der Waals surface area contributed by atoms with Crippen molar-refractivity contribution in [1.29, 1.82) is 0 Å². The summed E-state index contributed by atoms with van der Waals surface area (Å²) >= 11 is 0. The molecule has 2 rings (SSSR count). The second kappa shape index (κ2) is 6.66. The summed E-state index contributed by atoms with van der Waals surface area (Å²) in [4.78, 5) is 12.0. The summed E-state index contributed by atoms with van der Waals surface area (Å²) in [5.41, 5.74) is 0.722. The smallest absolute Gasteiger partial charge is 0.227 e. The van der Waals surface area contributed by atoms with E-state index in [1.807, 2.05) is 6.92 Å². The summed E-state index contributed by atoms with van der Waals surface area (Å²) in [5.74, 6) is -0.130. The molecular weight excluding hydrogens is 243 g/mol. The van der Waals surface area contributed by atoms with Gasteiger partial charge in [-0.05, 0) is 56.5 Å². The van der Waals surface area contributed by atoms with Crippen LogP contribution in [0.1, 0.15) is 31.2 Å². The predicted molar refractivity (Wildman–Crippen MR) is 73.4 cm³/mol. The summed E-state index contributed by atoms with van der Waals surface area (Å²) in [7, 11) is 0. The van der Waals surface area contributed by atoms with Gasteiger partial charge in [-0.15, -0.1) is 0 Å². The lowest BCUT2D eigenvalue weighted by Gasteiger charge is -2.23. The third kappa shape index (κ3) is 4.03. The molecule has 0 radical (unpaired) electrons. The molecule has 2 unspecified atom stereocenters. The molecule has 1 saturated heterocycles. The topological polar surface area (TPSA) is 41.1 Å². The molecule has 19 heavy (non-hydrogen) atoms. The Kier molecular flexibility index (Phi) is 4.91. The minimum atomic E-state index is -0.313. The number of benzene rings is 1. The average Bonchev–Trinajstić information content (AvgIpc) is 2.45. The predicted octanol–water partition coefficient (Wildman–Crippen LogP) is 2.04. The van der Waals surface area contributed by atoms with Crippen molar-refractivity contribution in [2.75, 3.05) is 19.6 Å². The molecule has 1 fully saturated rings. The van der Waals surface area contributed by atoms with Gasteiger partial charge in [-0.25, -0.2) is 4.39 Å². The Morgan fingerprint density at radius 2 is 2.42 bits per heavy atom. The maximum atomic E-state index is 13.1. The molecule has 0 saturated carbocycles. The summed E-state index contributed by atoms with van der Waals surface area (Å²) in [6.07, 6.45) is 2.32. The maximum Gasteiger partial charge on any atom is 0.227 e. The van der Waals surface area contributed by atoms with Gasteiger partial charge in [0.15, 0.2) is 0 Å². The molecule has 0 aromatic heterocycles. The quantitative estimate of drug-likeness (QED) is 0.874. The highest BCUT2D eigenvalue weighted by molar-refractivity contribution is 5.83. The first kappa shape index (κ1) is 14.0. The lowest BCUT2D eigenvalue weighted by molar-refractivity contribution is -0.122. The van der Waals surface area contributed by atoms with Crippen molar-refractivity contribution in [3.8, 4) is 0 Å². The van der Waals surface area contributed by atoms with Crippen LogP contribution < -0.4 is 10.6 Å². The van der Waals surface area contributed by atoms with Crippen molar-refractivity contribution in [3.05, 3.63) is 35.6 Å². The SMILES string of the molecule is CC(C(=O)NCC1CCCNC1)c1cccc(F)c1. The van der Waals surface area contributed by atoms with Crippen LogP contribution in [-0.4, -0.2) is 25.5 Å². The number of carbonyl (C=O) groups is 1. The Balaban J connectivity index is 1.85. The number of hydrogen-bond donors (Lipinski definition) is 2. The Morgan fingerprint density at radius 3 is 3.11 bits per heavy atom. The number of piperidine rings is 1. The fourth-order valence-corrected chi connectivity index (χ4v) is 2.42. The zero-order valence-electron chi connectivity index (χ0n) is 11.3. The van der Waals surface area contributed by atoms with Crippen LogP contribution in [0, 0.1) is 11.7 Å². The van der Waals surface area contributed by atoms with E-state index in [2.05, 4.69) is 10.6 Å². The van der Waals surface area contributed by atoms with Gasteiger partial charge in [-0.3, -0.25) is 4.79 Å². The fraction of sp³-hybridized carbons (Fsp3) is 0.533. The van der Waals surface area contributed by atoms with E-state index in [0.29, 0.717) is 12.5 Å². The van der Waals surface area contributed by atoms with Gasteiger partial charge < -0.3 is 10.6 Å². The summed E-state index contributed by atoms with van der Waals surface area (Å²) < 4.78 is 13.1. The van der Waals surface area contributed by atoms with Gasteiger partial charge in [0, 0.05) is 6.54 Å². The molecule has 2 N–H and O–H groups in total. The average molecular weight is 264 g/mol. The van der Waals surface area contributed by atoms with E-state index in [4.69, 9.17) is 0 Å². The molecule has 104 valence electrons. The van der Waals surface area contributed by atoms with Crippen molar-refractivity contribution in [2.24, 2.45) is 5.92 Å². The van der Waals surface area contributed by atoms with E-state index in [-0.39, 0.29) is 17.6 Å². The number of carbonyl (C=O) groups excluding carboxylic acids is 1. The van der Waals surface area contributed by atoms with Crippen LogP contribution in [0.4, 0.5) is 4.39 Å². The summed E-state index contributed by atoms with van der Waals surface area (Å²) in [5, 5.41) is 6.29. The van der Waals surface area contributed by atoms with Gasteiger partial charge in [-0.2, -0.15) is 0 Å². The molecule has 1 heterocycles. The first-order valence-electron chi connectivity index (χ1n) is 6.90. The highest BCUT2D eigenvalue weighted by Crippen LogP contribution is 2.16. The van der Waals surface area contributed by atoms with Gasteiger partial charge in [-0.1, -0.05) is 12.1 Å². The lowest BCUT2D eigenvalue weighted by atomic mass is 9.97. The zero-order valence-corrected chi connectivity index (χ0v) is 11.3. The molecule has 1 aromatic carbocycles. The van der Waals surface area contributed by atoms with Crippen molar-refractivity contribution in [3.63, 3.8) is 0 Å². The molecule has 1 aliphatic rings. The second-order valence-corrected chi connectivity index (χ2v) is 5.23. The highest BCUT2D eigenvalue weighted by atomic mass is 19.1. The number of halogens is 1. The maximum absolute atomic E-state index is 13.1. The number of hydrogen-bond acceptors (Lipinski definition) is 2. The zero-order chi connectivity index (χ0) is 13.7. The van der Waals surface area contributed by atoms with Crippen molar-refractivity contribution in [1.82, 2.24) is 10.6 Å². The molecule has 0 spiro atoms. The normalized spacial score (nSPS) is 20.8. The molecule has 0 bridgehead atoms. The van der Waals surface area contributed by atoms with E-state index in [1.54, 1.807) is 12.1 Å². The molecule has 3 nitrogen and oxygen atoms in total. The molecule has 1 aromatic rings. The Morgan fingerprint density at radius 1 is 1.58 bits per heavy atom. The van der Waals surface area contributed by atoms with Gasteiger partial charge >= 0.3 is 0 Å². The van der Waals surface area contributed by atoms with E-state index >= 15 is 0 Å². The minimum Gasteiger partial charge on any atom is -0.355 e. The second-order valence-electron chi connectivity index (χ2n) is 5.23. The Hall–Kier alpha value is -1.42. The van der Waals surface area contributed by atoms with E-state index in [0.717, 1.165) is 25.1 Å². The monoisotopic (exact) mass is 264 g/mol. The van der Waals surface area contributed by atoms with Crippen LogP contribution in [-0.2, 0) is 4.79 Å². The van der Waals surface area contributed by atoms with Gasteiger partial charge in [0.05, 0.1) is 5.92 Å². The number of rotatable bonds is 4. The first-order valence-corrected chi connectivity index (χ1v) is 6.90. The van der Waals surface area contributed by atoms with Crippen LogP contribution >= 0.6 is 0 Å². The molecule has 2 atom stereocenters. The van der Waals surface area contributed by atoms with Crippen LogP contribution in [0.5, 0.6) is 0 Å². The van der Waals surface area contributed by atoms with Crippen molar-refractivity contribution in [2.45, 2.75) is 25.7 Å². The molecule has 1 aliphatic heterocycles. The minimum absolute atomic E-state index is 0.0313. The molecule has 4 heteroatoms. The summed E-state index contributed by atoms with van der Waals surface area (Å²) in [6, 6.07) is 6.24. The third-order valence-electron chi connectivity index (χ3n) is 3.71. The van der Waals surface area contributed by atoms with Crippen LogP contribution in [0.15, 0.2) is 24.3 Å². The van der Waals surface area contributed by atoms with E-state index < -0.39 is 0 Å². The van der Waals surface area contributed by atoms with Gasteiger partial charge in [0.1, 0.15) is 5.82 Å². The van der Waals surface area contributed by atoms with Crippen molar-refractivity contribution < 1.29 is 9.18 Å².